The number of carbonyl (C=O) groups is 1. The van der Waals surface area contributed by atoms with Crippen molar-refractivity contribution in [2.75, 3.05) is 20.8 Å². The molecule has 0 atom stereocenters. The predicted molar refractivity (Wildman–Crippen MR) is 58.9 cm³/mol. The molecule has 0 radical (unpaired) electrons. The molecule has 5 nitrogen and oxygen atoms in total. The minimum absolute atomic E-state index is 0.154. The van der Waals surface area contributed by atoms with Crippen LogP contribution in [0.2, 0.25) is 0 Å². The summed E-state index contributed by atoms with van der Waals surface area (Å²) in [5, 5.41) is 0. The van der Waals surface area contributed by atoms with E-state index in [2.05, 4.69) is 0 Å². The number of hydrogen-bond donors (Lipinski definition) is 1. The number of hydrogen-bond acceptors (Lipinski definition) is 5. The van der Waals surface area contributed by atoms with Gasteiger partial charge in [0.15, 0.2) is 11.5 Å². The largest absolute Gasteiger partial charge is 0.493 e. The number of carbonyl (C=O) groups excluding carboxylic acids is 1. The van der Waals surface area contributed by atoms with Crippen LogP contribution in [0, 0.1) is 0 Å². The number of rotatable bonds is 5. The molecule has 0 aliphatic heterocycles. The smallest absolute Gasteiger partial charge is 0.312 e. The van der Waals surface area contributed by atoms with Crippen molar-refractivity contribution >= 4 is 5.97 Å². The van der Waals surface area contributed by atoms with E-state index >= 15 is 0 Å². The van der Waals surface area contributed by atoms with Gasteiger partial charge in [0.2, 0.25) is 5.75 Å². The summed E-state index contributed by atoms with van der Waals surface area (Å²) >= 11 is 0. The van der Waals surface area contributed by atoms with Gasteiger partial charge in [-0.3, -0.25) is 4.79 Å². The fourth-order valence-corrected chi connectivity index (χ4v) is 1.20. The Kier molecular flexibility index (Phi) is 4.60. The van der Waals surface area contributed by atoms with Crippen molar-refractivity contribution in [3.05, 3.63) is 18.2 Å². The van der Waals surface area contributed by atoms with Gasteiger partial charge in [-0.15, -0.1) is 0 Å². The molecule has 0 amide bonds. The van der Waals surface area contributed by atoms with Crippen LogP contribution in [0.1, 0.15) is 6.42 Å². The summed E-state index contributed by atoms with van der Waals surface area (Å²) in [6.07, 6.45) is 0.154. The molecule has 0 heterocycles. The van der Waals surface area contributed by atoms with Gasteiger partial charge in [0.1, 0.15) is 0 Å². The third kappa shape index (κ3) is 2.87. The first-order valence-electron chi connectivity index (χ1n) is 4.84. The Balaban J connectivity index is 2.95. The standard InChI is InChI=1S/C11H15NO4/c1-14-8-4-3-5-9(15-2)11(8)16-10(13)6-7-12/h3-5H,6-7,12H2,1-2H3. The molecular formula is C11H15NO4. The lowest BCUT2D eigenvalue weighted by Gasteiger charge is -2.12. The number of esters is 1. The molecule has 0 unspecified atom stereocenters. The second-order valence-corrected chi connectivity index (χ2v) is 3.00. The summed E-state index contributed by atoms with van der Waals surface area (Å²) in [7, 11) is 2.99. The van der Waals surface area contributed by atoms with Crippen LogP contribution in [0.5, 0.6) is 17.2 Å². The topological polar surface area (TPSA) is 70.8 Å². The first kappa shape index (κ1) is 12.3. The molecule has 0 aromatic heterocycles. The van der Waals surface area contributed by atoms with E-state index in [0.717, 1.165) is 0 Å². The average molecular weight is 225 g/mol. The molecule has 1 aromatic rings. The van der Waals surface area contributed by atoms with Gasteiger partial charge in [0.05, 0.1) is 20.6 Å². The second-order valence-electron chi connectivity index (χ2n) is 3.00. The van der Waals surface area contributed by atoms with Crippen molar-refractivity contribution in [2.24, 2.45) is 5.73 Å². The second kappa shape index (κ2) is 5.97. The van der Waals surface area contributed by atoms with Crippen LogP contribution in [-0.2, 0) is 4.79 Å². The molecule has 0 aliphatic rings. The van der Waals surface area contributed by atoms with Gasteiger partial charge in [0.25, 0.3) is 0 Å². The van der Waals surface area contributed by atoms with Crippen LogP contribution in [0.15, 0.2) is 18.2 Å². The maximum atomic E-state index is 11.3. The SMILES string of the molecule is COc1cccc(OC)c1OC(=O)CCN. The van der Waals surface area contributed by atoms with Crippen molar-refractivity contribution in [2.45, 2.75) is 6.42 Å². The van der Waals surface area contributed by atoms with Crippen LogP contribution in [0.4, 0.5) is 0 Å². The first-order chi connectivity index (χ1) is 7.72. The zero-order valence-corrected chi connectivity index (χ0v) is 9.36. The van der Waals surface area contributed by atoms with E-state index in [0.29, 0.717) is 11.5 Å². The van der Waals surface area contributed by atoms with Crippen LogP contribution in [0.3, 0.4) is 0 Å². The lowest BCUT2D eigenvalue weighted by Crippen LogP contribution is -2.14. The highest BCUT2D eigenvalue weighted by atomic mass is 16.6. The zero-order chi connectivity index (χ0) is 12.0. The summed E-state index contributed by atoms with van der Waals surface area (Å²) < 4.78 is 15.3. The summed E-state index contributed by atoms with van der Waals surface area (Å²) in [5.41, 5.74) is 5.26. The molecule has 0 bridgehead atoms. The van der Waals surface area contributed by atoms with Gasteiger partial charge in [-0.2, -0.15) is 0 Å². The molecule has 0 spiro atoms. The van der Waals surface area contributed by atoms with Crippen LogP contribution < -0.4 is 19.9 Å². The van der Waals surface area contributed by atoms with Gasteiger partial charge in [-0.25, -0.2) is 0 Å². The number of nitrogens with two attached hydrogens (primary N) is 1. The van der Waals surface area contributed by atoms with Crippen LogP contribution in [0.25, 0.3) is 0 Å². The third-order valence-corrected chi connectivity index (χ3v) is 1.95. The minimum atomic E-state index is -0.412. The van der Waals surface area contributed by atoms with E-state index in [1.807, 2.05) is 0 Å². The highest BCUT2D eigenvalue weighted by Crippen LogP contribution is 2.36. The third-order valence-electron chi connectivity index (χ3n) is 1.95. The molecule has 1 rings (SSSR count). The number of para-hydroxylation sites is 1. The van der Waals surface area contributed by atoms with Gasteiger partial charge in [-0.1, -0.05) is 6.07 Å². The van der Waals surface area contributed by atoms with Crippen molar-refractivity contribution in [3.8, 4) is 17.2 Å². The van der Waals surface area contributed by atoms with Crippen molar-refractivity contribution in [1.29, 1.82) is 0 Å². The Morgan fingerprint density at radius 2 is 1.81 bits per heavy atom. The quantitative estimate of drug-likeness (QED) is 0.597. The molecule has 0 aliphatic carbocycles. The van der Waals surface area contributed by atoms with Crippen molar-refractivity contribution in [1.82, 2.24) is 0 Å². The Labute approximate surface area is 94.1 Å². The summed E-state index contributed by atoms with van der Waals surface area (Å²) in [6.45, 7) is 0.246. The summed E-state index contributed by atoms with van der Waals surface area (Å²) in [6, 6.07) is 5.12. The predicted octanol–water partition coefficient (Wildman–Crippen LogP) is 0.958. The van der Waals surface area contributed by atoms with E-state index in [1.54, 1.807) is 18.2 Å². The number of methoxy groups -OCH3 is 2. The van der Waals surface area contributed by atoms with Gasteiger partial charge in [0, 0.05) is 6.54 Å². The van der Waals surface area contributed by atoms with Gasteiger partial charge < -0.3 is 19.9 Å². The van der Waals surface area contributed by atoms with E-state index in [1.165, 1.54) is 14.2 Å². The van der Waals surface area contributed by atoms with Gasteiger partial charge in [-0.05, 0) is 12.1 Å². The average Bonchev–Trinajstić information content (AvgIpc) is 2.29. The molecule has 1 aromatic carbocycles. The fraction of sp³-hybridized carbons (Fsp3) is 0.364. The highest BCUT2D eigenvalue weighted by Gasteiger charge is 2.14. The Morgan fingerprint density at radius 3 is 2.25 bits per heavy atom. The van der Waals surface area contributed by atoms with Crippen molar-refractivity contribution in [3.63, 3.8) is 0 Å². The van der Waals surface area contributed by atoms with E-state index in [9.17, 15) is 4.79 Å². The molecule has 2 N–H and O–H groups in total. The normalized spacial score (nSPS) is 9.69. The monoisotopic (exact) mass is 225 g/mol. The molecule has 5 heteroatoms. The molecule has 0 saturated carbocycles. The first-order valence-corrected chi connectivity index (χ1v) is 4.84. The summed E-state index contributed by atoms with van der Waals surface area (Å²) in [5.74, 6) is 0.769. The molecule has 0 saturated heterocycles. The lowest BCUT2D eigenvalue weighted by atomic mass is 10.3. The maximum absolute atomic E-state index is 11.3. The van der Waals surface area contributed by atoms with E-state index in [-0.39, 0.29) is 18.7 Å². The Hall–Kier alpha value is -1.75. The van der Waals surface area contributed by atoms with E-state index in [4.69, 9.17) is 19.9 Å². The Morgan fingerprint density at radius 1 is 1.25 bits per heavy atom. The molecular weight excluding hydrogens is 210 g/mol. The highest BCUT2D eigenvalue weighted by molar-refractivity contribution is 5.74. The minimum Gasteiger partial charge on any atom is -0.493 e. The van der Waals surface area contributed by atoms with Gasteiger partial charge >= 0.3 is 5.97 Å². The van der Waals surface area contributed by atoms with Crippen LogP contribution >= 0.6 is 0 Å². The lowest BCUT2D eigenvalue weighted by molar-refractivity contribution is -0.134. The fourth-order valence-electron chi connectivity index (χ4n) is 1.20. The van der Waals surface area contributed by atoms with E-state index < -0.39 is 5.97 Å². The molecule has 16 heavy (non-hydrogen) atoms. The van der Waals surface area contributed by atoms with Crippen molar-refractivity contribution < 1.29 is 19.0 Å². The number of benzene rings is 1. The number of ether oxygens (including phenoxy) is 3. The Bertz CT molecular complexity index is 343. The molecule has 88 valence electrons. The van der Waals surface area contributed by atoms with Crippen LogP contribution in [-0.4, -0.2) is 26.7 Å². The zero-order valence-electron chi connectivity index (χ0n) is 9.36. The maximum Gasteiger partial charge on any atom is 0.312 e. The summed E-state index contributed by atoms with van der Waals surface area (Å²) in [4.78, 5) is 11.3. The molecule has 0 fully saturated rings.